The van der Waals surface area contributed by atoms with E-state index in [1.165, 1.54) is 10.9 Å². The van der Waals surface area contributed by atoms with E-state index in [1.54, 1.807) is 0 Å². The first kappa shape index (κ1) is 34.5. The monoisotopic (exact) mass is 631 g/mol. The second-order valence-corrected chi connectivity index (χ2v) is 13.5. The van der Waals surface area contributed by atoms with E-state index in [2.05, 4.69) is 128 Å². The molecule has 7 nitrogen and oxygen atoms in total. The standard InChI is InChI=1S/C18H20N4.C18H20N3P.C2H6/c1-13-19-17(14-7-5-4-6-8-14)21-18(20-13)15-9-11-16(12-10-15)22(2)3;1-13-19-17(14-8-5-4-6-9-14)21-18(20-13)15-10-7-11-16(12-15)22(2)3;1-2/h5,7-12H,4,6H2,1-3H3;4-5,7-8,10-12H,6,9H2,1-3H3;1-2H3. The third-order valence-electron chi connectivity index (χ3n) is 7.31. The van der Waals surface area contributed by atoms with Crippen molar-refractivity contribution in [1.82, 2.24) is 29.9 Å². The molecule has 0 saturated heterocycles. The van der Waals surface area contributed by atoms with Crippen LogP contribution in [0.25, 0.3) is 33.9 Å². The molecule has 4 aromatic rings. The van der Waals surface area contributed by atoms with Gasteiger partial charge < -0.3 is 4.90 Å². The molecule has 2 aliphatic carbocycles. The topological polar surface area (TPSA) is 80.6 Å². The quantitative estimate of drug-likeness (QED) is 0.197. The summed E-state index contributed by atoms with van der Waals surface area (Å²) < 4.78 is 0. The fourth-order valence-electron chi connectivity index (χ4n) is 4.89. The zero-order valence-electron chi connectivity index (χ0n) is 28.5. The SMILES string of the molecule is CC.Cc1nc(C2=CC=CCC2)nc(-c2cccc(P(C)C)c2)n1.Cc1nc(C2=CCCC=C2)nc(-c2ccc(N(C)C)cc2)n1. The van der Waals surface area contributed by atoms with Crippen molar-refractivity contribution in [2.75, 3.05) is 32.3 Å². The highest BCUT2D eigenvalue weighted by atomic mass is 31.1. The molecule has 0 bridgehead atoms. The highest BCUT2D eigenvalue weighted by Gasteiger charge is 2.13. The Kier molecular flexibility index (Phi) is 12.6. The van der Waals surface area contributed by atoms with Gasteiger partial charge in [0.25, 0.3) is 0 Å². The summed E-state index contributed by atoms with van der Waals surface area (Å²) in [6.07, 6.45) is 17.0. The molecular formula is C38H46N7P. The molecule has 0 unspecified atom stereocenters. The Labute approximate surface area is 276 Å². The molecule has 0 radical (unpaired) electrons. The van der Waals surface area contributed by atoms with Crippen LogP contribution in [-0.4, -0.2) is 57.3 Å². The van der Waals surface area contributed by atoms with Crippen molar-refractivity contribution >= 4 is 30.1 Å². The van der Waals surface area contributed by atoms with Crippen molar-refractivity contribution < 1.29 is 0 Å². The lowest BCUT2D eigenvalue weighted by molar-refractivity contribution is 0.933. The molecule has 0 N–H and O–H groups in total. The van der Waals surface area contributed by atoms with Gasteiger partial charge in [0, 0.05) is 36.5 Å². The van der Waals surface area contributed by atoms with Crippen LogP contribution in [0, 0.1) is 13.8 Å². The number of hydrogen-bond donors (Lipinski definition) is 0. The van der Waals surface area contributed by atoms with Crippen LogP contribution in [0.5, 0.6) is 0 Å². The summed E-state index contributed by atoms with van der Waals surface area (Å²) in [7, 11) is 3.94. The molecule has 8 heteroatoms. The lowest BCUT2D eigenvalue weighted by Gasteiger charge is -2.13. The molecule has 0 saturated carbocycles. The maximum absolute atomic E-state index is 4.71. The van der Waals surface area contributed by atoms with Crippen LogP contribution in [0.4, 0.5) is 5.69 Å². The third-order valence-corrected chi connectivity index (χ3v) is 8.62. The summed E-state index contributed by atoms with van der Waals surface area (Å²) >= 11 is 0. The average Bonchev–Trinajstić information content (AvgIpc) is 3.10. The highest BCUT2D eigenvalue weighted by Crippen LogP contribution is 2.27. The van der Waals surface area contributed by atoms with E-state index in [-0.39, 0.29) is 7.92 Å². The molecule has 2 heterocycles. The van der Waals surface area contributed by atoms with Gasteiger partial charge in [-0.05, 0) is 94.1 Å². The van der Waals surface area contributed by atoms with Gasteiger partial charge in [0.15, 0.2) is 23.3 Å². The minimum Gasteiger partial charge on any atom is -0.378 e. The van der Waals surface area contributed by atoms with Crippen LogP contribution >= 0.6 is 7.92 Å². The van der Waals surface area contributed by atoms with Crippen molar-refractivity contribution in [1.29, 1.82) is 0 Å². The summed E-state index contributed by atoms with van der Waals surface area (Å²) in [4.78, 5) is 29.5. The van der Waals surface area contributed by atoms with Gasteiger partial charge in [0.05, 0.1) is 0 Å². The van der Waals surface area contributed by atoms with Crippen molar-refractivity contribution in [3.63, 3.8) is 0 Å². The van der Waals surface area contributed by atoms with Crippen LogP contribution in [-0.2, 0) is 0 Å². The van der Waals surface area contributed by atoms with Gasteiger partial charge in [-0.25, -0.2) is 29.9 Å². The second-order valence-electron chi connectivity index (χ2n) is 11.2. The lowest BCUT2D eigenvalue weighted by atomic mass is 10.0. The minimum atomic E-state index is -0.121. The summed E-state index contributed by atoms with van der Waals surface area (Å²) in [6, 6.07) is 16.8. The van der Waals surface area contributed by atoms with Gasteiger partial charge in [-0.2, -0.15) is 0 Å². The molecule has 2 aromatic heterocycles. The normalized spacial score (nSPS) is 13.6. The molecule has 46 heavy (non-hydrogen) atoms. The fourth-order valence-corrected chi connectivity index (χ4v) is 5.68. The number of rotatable bonds is 6. The maximum Gasteiger partial charge on any atom is 0.163 e. The number of anilines is 1. The summed E-state index contributed by atoms with van der Waals surface area (Å²) in [5.41, 5.74) is 5.53. The number of nitrogens with zero attached hydrogens (tertiary/aromatic N) is 7. The van der Waals surface area contributed by atoms with Crippen LogP contribution < -0.4 is 10.2 Å². The van der Waals surface area contributed by atoms with Crippen LogP contribution in [0.2, 0.25) is 0 Å². The molecule has 238 valence electrons. The number of benzene rings is 2. The van der Waals surface area contributed by atoms with E-state index >= 15 is 0 Å². The first-order valence-electron chi connectivity index (χ1n) is 16.0. The Morgan fingerprint density at radius 1 is 0.674 bits per heavy atom. The number of allylic oxidation sites excluding steroid dienone is 8. The molecule has 0 amide bonds. The number of hydrogen-bond acceptors (Lipinski definition) is 7. The fraction of sp³-hybridized carbons (Fsp3) is 0.316. The molecule has 0 spiro atoms. The lowest BCUT2D eigenvalue weighted by Crippen LogP contribution is -2.08. The number of aromatic nitrogens is 6. The van der Waals surface area contributed by atoms with Gasteiger partial charge in [-0.3, -0.25) is 0 Å². The van der Waals surface area contributed by atoms with Crippen molar-refractivity contribution in [3.05, 3.63) is 108 Å². The van der Waals surface area contributed by atoms with Gasteiger partial charge in [0.2, 0.25) is 0 Å². The summed E-state index contributed by atoms with van der Waals surface area (Å²) in [5.74, 6) is 4.60. The van der Waals surface area contributed by atoms with Crippen molar-refractivity contribution in [2.24, 2.45) is 0 Å². The van der Waals surface area contributed by atoms with Crippen molar-refractivity contribution in [3.8, 4) is 22.8 Å². The minimum absolute atomic E-state index is 0.121. The van der Waals surface area contributed by atoms with E-state index in [9.17, 15) is 0 Å². The van der Waals surface area contributed by atoms with E-state index < -0.39 is 0 Å². The predicted molar refractivity (Wildman–Crippen MR) is 197 cm³/mol. The molecule has 2 aromatic carbocycles. The summed E-state index contributed by atoms with van der Waals surface area (Å²) in [6.45, 7) is 12.4. The number of aryl methyl sites for hydroxylation is 2. The maximum atomic E-state index is 4.71. The summed E-state index contributed by atoms with van der Waals surface area (Å²) in [5, 5.41) is 1.37. The largest absolute Gasteiger partial charge is 0.378 e. The Morgan fingerprint density at radius 3 is 1.93 bits per heavy atom. The van der Waals surface area contributed by atoms with E-state index in [4.69, 9.17) is 4.98 Å². The van der Waals surface area contributed by atoms with Crippen molar-refractivity contribution in [2.45, 2.75) is 53.4 Å². The Balaban J connectivity index is 0.000000198. The Hall–Kier alpha value is -4.35. The highest BCUT2D eigenvalue weighted by molar-refractivity contribution is 7.64. The molecule has 0 fully saturated rings. The predicted octanol–water partition coefficient (Wildman–Crippen LogP) is 8.62. The third kappa shape index (κ3) is 9.34. The van der Waals surface area contributed by atoms with E-state index in [0.29, 0.717) is 0 Å². The molecule has 2 aliphatic rings. The van der Waals surface area contributed by atoms with E-state index in [0.717, 1.165) is 83.0 Å². The van der Waals surface area contributed by atoms with Crippen LogP contribution in [0.1, 0.15) is 62.8 Å². The molecule has 0 aliphatic heterocycles. The van der Waals surface area contributed by atoms with E-state index in [1.807, 2.05) is 41.8 Å². The molecule has 6 rings (SSSR count). The van der Waals surface area contributed by atoms with Gasteiger partial charge in [-0.15, -0.1) is 0 Å². The van der Waals surface area contributed by atoms with Crippen LogP contribution in [0.15, 0.2) is 85.0 Å². The second kappa shape index (κ2) is 16.8. The Morgan fingerprint density at radius 2 is 1.33 bits per heavy atom. The van der Waals surface area contributed by atoms with Gasteiger partial charge in [-0.1, -0.05) is 76.4 Å². The Bertz CT molecular complexity index is 1730. The molecular weight excluding hydrogens is 585 g/mol. The van der Waals surface area contributed by atoms with Gasteiger partial charge in [0.1, 0.15) is 11.6 Å². The zero-order valence-corrected chi connectivity index (χ0v) is 29.4. The van der Waals surface area contributed by atoms with Gasteiger partial charge >= 0.3 is 0 Å². The smallest absolute Gasteiger partial charge is 0.163 e. The van der Waals surface area contributed by atoms with Crippen LogP contribution in [0.3, 0.4) is 0 Å². The molecule has 0 atom stereocenters. The zero-order chi connectivity index (χ0) is 33.1. The first-order valence-corrected chi connectivity index (χ1v) is 18.2. The first-order chi connectivity index (χ1) is 22.3. The average molecular weight is 632 g/mol.